The van der Waals surface area contributed by atoms with Crippen molar-refractivity contribution in [3.63, 3.8) is 0 Å². The number of aromatic nitrogens is 1. The molecule has 1 fully saturated rings. The number of amides is 1. The number of thiazole rings is 1. The molecule has 1 saturated heterocycles. The van der Waals surface area contributed by atoms with E-state index >= 15 is 0 Å². The van der Waals surface area contributed by atoms with Crippen molar-refractivity contribution in [3.05, 3.63) is 88.5 Å². The van der Waals surface area contributed by atoms with E-state index < -0.39 is 23.7 Å². The van der Waals surface area contributed by atoms with Gasteiger partial charge in [-0.05, 0) is 61.2 Å². The molecule has 1 aliphatic rings. The van der Waals surface area contributed by atoms with Gasteiger partial charge < -0.3 is 19.3 Å². The van der Waals surface area contributed by atoms with Crippen LogP contribution in [0.5, 0.6) is 11.5 Å². The number of rotatable bonds is 11. The van der Waals surface area contributed by atoms with Gasteiger partial charge in [0, 0.05) is 5.56 Å². The minimum Gasteiger partial charge on any atom is -0.507 e. The second kappa shape index (κ2) is 12.8. The fraction of sp³-hybridized carbons (Fsp3) is 0.290. The SMILES string of the molecule is C=CCOC(=O)c1sc(N2C(=O)C(=O)/C(=C(/O)c3ccc(OC)cc3)C2c2cccc(OCCC(C)C)c2)nc1C. The van der Waals surface area contributed by atoms with E-state index in [4.69, 9.17) is 14.2 Å². The summed E-state index contributed by atoms with van der Waals surface area (Å²) >= 11 is 0.936. The second-order valence-corrected chi connectivity index (χ2v) is 10.8. The molecule has 9 nitrogen and oxygen atoms in total. The zero-order chi connectivity index (χ0) is 29.7. The number of hydrogen-bond donors (Lipinski definition) is 1. The van der Waals surface area contributed by atoms with Crippen LogP contribution < -0.4 is 14.4 Å². The number of aryl methyl sites for hydroxylation is 1. The lowest BCUT2D eigenvalue weighted by Crippen LogP contribution is -2.29. The van der Waals surface area contributed by atoms with Gasteiger partial charge in [-0.25, -0.2) is 9.78 Å². The van der Waals surface area contributed by atoms with Crippen molar-refractivity contribution in [2.75, 3.05) is 25.2 Å². The number of carbonyl (C=O) groups excluding carboxylic acids is 3. The van der Waals surface area contributed by atoms with Crippen LogP contribution in [-0.2, 0) is 14.3 Å². The van der Waals surface area contributed by atoms with Crippen LogP contribution in [0, 0.1) is 12.8 Å². The number of esters is 1. The van der Waals surface area contributed by atoms with Crippen LogP contribution in [0.1, 0.15) is 52.8 Å². The maximum atomic E-state index is 13.5. The summed E-state index contributed by atoms with van der Waals surface area (Å²) in [6.07, 6.45) is 2.30. The quantitative estimate of drug-likeness (QED) is 0.0993. The normalized spacial score (nSPS) is 16.2. The molecule has 1 aromatic heterocycles. The molecule has 10 heteroatoms. The Bertz CT molecular complexity index is 1490. The van der Waals surface area contributed by atoms with Crippen molar-refractivity contribution in [3.8, 4) is 11.5 Å². The van der Waals surface area contributed by atoms with Gasteiger partial charge in [-0.1, -0.05) is 50.0 Å². The molecular weight excluding hydrogens is 544 g/mol. The van der Waals surface area contributed by atoms with E-state index in [9.17, 15) is 19.5 Å². The summed E-state index contributed by atoms with van der Waals surface area (Å²) in [5.74, 6) is -1.13. The number of nitrogens with zero attached hydrogens (tertiary/aromatic N) is 2. The van der Waals surface area contributed by atoms with Crippen LogP contribution >= 0.6 is 11.3 Å². The van der Waals surface area contributed by atoms with Crippen LogP contribution in [-0.4, -0.2) is 48.1 Å². The van der Waals surface area contributed by atoms with Crippen molar-refractivity contribution in [2.45, 2.75) is 33.2 Å². The molecule has 1 N–H and O–H groups in total. The second-order valence-electron chi connectivity index (χ2n) is 9.80. The fourth-order valence-corrected chi connectivity index (χ4v) is 5.30. The number of aliphatic hydroxyl groups is 1. The fourth-order valence-electron chi connectivity index (χ4n) is 4.31. The van der Waals surface area contributed by atoms with E-state index in [1.807, 2.05) is 0 Å². The van der Waals surface area contributed by atoms with Gasteiger partial charge in [-0.15, -0.1) is 0 Å². The van der Waals surface area contributed by atoms with Crippen LogP contribution in [0.15, 0.2) is 66.8 Å². The van der Waals surface area contributed by atoms with Crippen molar-refractivity contribution in [1.82, 2.24) is 4.98 Å². The van der Waals surface area contributed by atoms with E-state index in [0.717, 1.165) is 17.8 Å². The highest BCUT2D eigenvalue weighted by atomic mass is 32.1. The third kappa shape index (κ3) is 6.33. The maximum Gasteiger partial charge on any atom is 0.350 e. The third-order valence-electron chi connectivity index (χ3n) is 6.45. The zero-order valence-electron chi connectivity index (χ0n) is 23.4. The highest BCUT2D eigenvalue weighted by Crippen LogP contribution is 2.44. The smallest absolute Gasteiger partial charge is 0.350 e. The zero-order valence-corrected chi connectivity index (χ0v) is 24.2. The lowest BCUT2D eigenvalue weighted by Gasteiger charge is -2.23. The molecule has 0 aliphatic carbocycles. The van der Waals surface area contributed by atoms with E-state index in [2.05, 4.69) is 25.4 Å². The van der Waals surface area contributed by atoms with Crippen LogP contribution in [0.2, 0.25) is 0 Å². The Morgan fingerprint density at radius 3 is 2.56 bits per heavy atom. The van der Waals surface area contributed by atoms with Gasteiger partial charge in [-0.3, -0.25) is 14.5 Å². The molecule has 1 aliphatic heterocycles. The van der Waals surface area contributed by atoms with Crippen LogP contribution in [0.25, 0.3) is 5.76 Å². The molecule has 1 atom stereocenters. The molecule has 1 amide bonds. The molecule has 2 aromatic carbocycles. The first-order valence-corrected chi connectivity index (χ1v) is 13.9. The number of hydrogen-bond acceptors (Lipinski definition) is 9. The molecule has 41 heavy (non-hydrogen) atoms. The van der Waals surface area contributed by atoms with Gasteiger partial charge >= 0.3 is 11.9 Å². The van der Waals surface area contributed by atoms with Crippen LogP contribution in [0.3, 0.4) is 0 Å². The first kappa shape index (κ1) is 29.5. The van der Waals surface area contributed by atoms with Crippen LogP contribution in [0.4, 0.5) is 5.13 Å². The average Bonchev–Trinajstić information content (AvgIpc) is 3.47. The van der Waals surface area contributed by atoms with E-state index in [0.29, 0.717) is 40.8 Å². The lowest BCUT2D eigenvalue weighted by atomic mass is 9.95. The van der Waals surface area contributed by atoms with Crippen molar-refractivity contribution < 1.29 is 33.7 Å². The van der Waals surface area contributed by atoms with Gasteiger partial charge in [-0.2, -0.15) is 0 Å². The van der Waals surface area contributed by atoms with Crippen molar-refractivity contribution in [2.24, 2.45) is 5.92 Å². The topological polar surface area (TPSA) is 115 Å². The van der Waals surface area contributed by atoms with Gasteiger partial charge in [0.05, 0.1) is 31.0 Å². The minimum absolute atomic E-state index is 0.0154. The average molecular weight is 577 g/mol. The predicted octanol–water partition coefficient (Wildman–Crippen LogP) is 5.85. The highest BCUT2D eigenvalue weighted by Gasteiger charge is 2.48. The van der Waals surface area contributed by atoms with Gasteiger partial charge in [0.15, 0.2) is 5.13 Å². The molecule has 2 heterocycles. The first-order valence-electron chi connectivity index (χ1n) is 13.1. The molecule has 0 saturated carbocycles. The number of ether oxygens (including phenoxy) is 3. The number of methoxy groups -OCH3 is 1. The highest BCUT2D eigenvalue weighted by molar-refractivity contribution is 7.17. The largest absolute Gasteiger partial charge is 0.507 e. The first-order chi connectivity index (χ1) is 19.7. The Hall–Kier alpha value is -4.44. The number of anilines is 1. The van der Waals surface area contributed by atoms with E-state index in [1.165, 1.54) is 18.1 Å². The number of benzene rings is 2. The van der Waals surface area contributed by atoms with Gasteiger partial charge in [0.1, 0.15) is 28.7 Å². The molecule has 0 spiro atoms. The molecule has 4 rings (SSSR count). The Balaban J connectivity index is 1.84. The number of aliphatic hydroxyl groups excluding tert-OH is 1. The number of Topliss-reactive ketones (excluding diaryl/α,β-unsaturated/α-hetero) is 1. The Morgan fingerprint density at radius 1 is 1.17 bits per heavy atom. The van der Waals surface area contributed by atoms with Crippen molar-refractivity contribution in [1.29, 1.82) is 0 Å². The summed E-state index contributed by atoms with van der Waals surface area (Å²) in [5, 5.41) is 11.5. The number of ketones is 1. The van der Waals surface area contributed by atoms with Gasteiger partial charge in [0.25, 0.3) is 5.78 Å². The summed E-state index contributed by atoms with van der Waals surface area (Å²) in [7, 11) is 1.52. The Kier molecular flexibility index (Phi) is 9.24. The molecular formula is C31H32N2O7S. The monoisotopic (exact) mass is 576 g/mol. The van der Waals surface area contributed by atoms with Crippen molar-refractivity contribution >= 4 is 39.9 Å². The molecule has 0 bridgehead atoms. The summed E-state index contributed by atoms with van der Waals surface area (Å²) in [4.78, 5) is 45.5. The predicted molar refractivity (Wildman–Crippen MR) is 156 cm³/mol. The van der Waals surface area contributed by atoms with E-state index in [1.54, 1.807) is 55.5 Å². The molecule has 214 valence electrons. The van der Waals surface area contributed by atoms with E-state index in [-0.39, 0.29) is 27.9 Å². The molecule has 3 aromatic rings. The summed E-state index contributed by atoms with van der Waals surface area (Å²) in [5.41, 5.74) is 1.11. The molecule has 0 radical (unpaired) electrons. The summed E-state index contributed by atoms with van der Waals surface area (Å²) in [6.45, 7) is 9.88. The number of carbonyl (C=O) groups is 3. The Labute approximate surface area is 242 Å². The Morgan fingerprint density at radius 2 is 1.90 bits per heavy atom. The minimum atomic E-state index is -1.03. The van der Waals surface area contributed by atoms with Gasteiger partial charge in [0.2, 0.25) is 0 Å². The lowest BCUT2D eigenvalue weighted by molar-refractivity contribution is -0.132. The standard InChI is InChI=1S/C31H32N2O7S/c1-6-15-40-30(37)28-19(4)32-31(41-28)33-25(21-8-7-9-23(17-21)39-16-14-18(2)3)24(27(35)29(33)36)26(34)20-10-12-22(38-5)13-11-20/h6-13,17-18,25,34H,1,14-16H2,2-5H3/b26-24+. The summed E-state index contributed by atoms with van der Waals surface area (Å²) in [6, 6.07) is 12.5. The summed E-state index contributed by atoms with van der Waals surface area (Å²) < 4.78 is 16.3. The molecule has 1 unspecified atom stereocenters. The third-order valence-corrected chi connectivity index (χ3v) is 7.59. The maximum absolute atomic E-state index is 13.5.